The van der Waals surface area contributed by atoms with Crippen molar-refractivity contribution in [3.63, 3.8) is 0 Å². The van der Waals surface area contributed by atoms with Crippen molar-refractivity contribution < 1.29 is 4.39 Å². The van der Waals surface area contributed by atoms with Crippen molar-refractivity contribution >= 4 is 20.5 Å². The number of benzene rings is 1. The molecule has 1 heterocycles. The van der Waals surface area contributed by atoms with Crippen LogP contribution in [0.15, 0.2) is 24.3 Å². The average molecular weight is 302 g/mol. The minimum Gasteiger partial charge on any atom is -0.299 e. The van der Waals surface area contributed by atoms with E-state index in [-0.39, 0.29) is 18.2 Å². The van der Waals surface area contributed by atoms with Gasteiger partial charge in [0.15, 0.2) is 0 Å². The lowest BCUT2D eigenvalue weighted by Crippen LogP contribution is -2.46. The number of halogens is 2. The highest BCUT2D eigenvalue weighted by molar-refractivity contribution is 6.77. The summed E-state index contributed by atoms with van der Waals surface area (Å²) in [5, 5.41) is 0. The first kappa shape index (κ1) is 16.7. The van der Waals surface area contributed by atoms with E-state index in [1.807, 2.05) is 12.1 Å². The number of hydrogen-bond donors (Lipinski definition) is 0. The van der Waals surface area contributed by atoms with Gasteiger partial charge in [-0.2, -0.15) is 0 Å². The highest BCUT2D eigenvalue weighted by Gasteiger charge is 2.33. The van der Waals surface area contributed by atoms with Gasteiger partial charge in [0.2, 0.25) is 0 Å². The molecule has 0 bridgehead atoms. The molecule has 1 nitrogen and oxygen atoms in total. The zero-order chi connectivity index (χ0) is 13.2. The molecule has 0 aliphatic carbocycles. The summed E-state index contributed by atoms with van der Waals surface area (Å²) >= 11 is 0. The molecule has 1 aliphatic heterocycles. The molecule has 0 saturated carbocycles. The van der Waals surface area contributed by atoms with Crippen LogP contribution < -0.4 is 0 Å². The normalized spacial score (nSPS) is 18.7. The van der Waals surface area contributed by atoms with Crippen molar-refractivity contribution in [1.82, 2.24) is 4.90 Å². The first-order valence-corrected chi connectivity index (χ1v) is 10.6. The van der Waals surface area contributed by atoms with E-state index >= 15 is 0 Å². The lowest BCUT2D eigenvalue weighted by atomic mass is 10.1. The van der Waals surface area contributed by atoms with Gasteiger partial charge in [-0.25, -0.2) is 4.39 Å². The first-order valence-electron chi connectivity index (χ1n) is 6.98. The van der Waals surface area contributed by atoms with E-state index in [1.54, 1.807) is 12.1 Å². The first-order chi connectivity index (χ1) is 8.48. The molecule has 1 aliphatic rings. The summed E-state index contributed by atoms with van der Waals surface area (Å²) in [7, 11) is -1.33. The lowest BCUT2D eigenvalue weighted by Gasteiger charge is -2.41. The van der Waals surface area contributed by atoms with Crippen LogP contribution in [0.3, 0.4) is 0 Å². The van der Waals surface area contributed by atoms with Crippen molar-refractivity contribution in [1.29, 1.82) is 0 Å². The van der Waals surface area contributed by atoms with E-state index in [1.165, 1.54) is 37.9 Å². The highest BCUT2D eigenvalue weighted by atomic mass is 35.5. The van der Waals surface area contributed by atoms with Crippen molar-refractivity contribution in [2.45, 2.75) is 44.6 Å². The largest absolute Gasteiger partial charge is 0.299 e. The fraction of sp³-hybridized carbons (Fsp3) is 0.600. The van der Waals surface area contributed by atoms with Gasteiger partial charge in [-0.3, -0.25) is 4.90 Å². The smallest absolute Gasteiger partial charge is 0.123 e. The third-order valence-electron chi connectivity index (χ3n) is 3.76. The summed E-state index contributed by atoms with van der Waals surface area (Å²) in [5.74, 6) is -0.133. The summed E-state index contributed by atoms with van der Waals surface area (Å²) in [4.78, 5) is 2.63. The Hall–Kier alpha value is -0.383. The van der Waals surface area contributed by atoms with Gasteiger partial charge in [0.05, 0.1) is 8.07 Å². The van der Waals surface area contributed by atoms with Crippen molar-refractivity contribution in [2.75, 3.05) is 13.1 Å². The van der Waals surface area contributed by atoms with Crippen LogP contribution in [-0.4, -0.2) is 26.1 Å². The number of piperidine rings is 1. The predicted octanol–water partition coefficient (Wildman–Crippen LogP) is 4.65. The van der Waals surface area contributed by atoms with Crippen LogP contribution in [0.25, 0.3) is 0 Å². The van der Waals surface area contributed by atoms with E-state index < -0.39 is 8.07 Å². The Labute approximate surface area is 123 Å². The molecule has 1 atom stereocenters. The maximum Gasteiger partial charge on any atom is 0.123 e. The third kappa shape index (κ3) is 4.30. The molecule has 19 heavy (non-hydrogen) atoms. The van der Waals surface area contributed by atoms with Crippen LogP contribution in [0.5, 0.6) is 0 Å². The maximum atomic E-state index is 13.1. The van der Waals surface area contributed by atoms with E-state index in [0.29, 0.717) is 5.67 Å². The quantitative estimate of drug-likeness (QED) is 0.734. The molecule has 1 aromatic carbocycles. The Bertz CT molecular complexity index is 382. The van der Waals surface area contributed by atoms with Gasteiger partial charge in [0.1, 0.15) is 5.82 Å². The van der Waals surface area contributed by atoms with E-state index in [4.69, 9.17) is 0 Å². The van der Waals surface area contributed by atoms with Crippen molar-refractivity contribution in [3.8, 4) is 0 Å². The second-order valence-electron chi connectivity index (χ2n) is 6.42. The minimum absolute atomic E-state index is 0. The summed E-state index contributed by atoms with van der Waals surface area (Å²) in [6.07, 6.45) is 3.97. The summed E-state index contributed by atoms with van der Waals surface area (Å²) in [6.45, 7) is 9.64. The second kappa shape index (κ2) is 6.87. The van der Waals surface area contributed by atoms with Crippen LogP contribution >= 0.6 is 12.4 Å². The van der Waals surface area contributed by atoms with Crippen LogP contribution in [0.2, 0.25) is 19.6 Å². The molecule has 1 saturated heterocycles. The van der Waals surface area contributed by atoms with Crippen LogP contribution in [0, 0.1) is 5.82 Å². The zero-order valence-corrected chi connectivity index (χ0v) is 14.0. The van der Waals surface area contributed by atoms with Gasteiger partial charge in [-0.05, 0) is 43.6 Å². The molecule has 4 heteroatoms. The van der Waals surface area contributed by atoms with Crippen LogP contribution in [0.1, 0.15) is 30.5 Å². The predicted molar refractivity (Wildman–Crippen MR) is 85.2 cm³/mol. The Balaban J connectivity index is 0.00000180. The number of hydrogen-bond acceptors (Lipinski definition) is 1. The molecule has 1 unspecified atom stereocenters. The summed E-state index contributed by atoms with van der Waals surface area (Å²) in [5.41, 5.74) is 1.83. The molecule has 1 fully saturated rings. The minimum atomic E-state index is -1.33. The SMILES string of the molecule is C[Si](C)(C)C(c1ccc(F)cc1)N1CCCCC1.Cl. The topological polar surface area (TPSA) is 3.24 Å². The van der Waals surface area contributed by atoms with E-state index in [2.05, 4.69) is 24.5 Å². The molecule has 0 amide bonds. The number of rotatable bonds is 3. The maximum absolute atomic E-state index is 13.1. The fourth-order valence-corrected chi connectivity index (χ4v) is 5.63. The number of nitrogens with zero attached hydrogens (tertiary/aromatic N) is 1. The van der Waals surface area contributed by atoms with Gasteiger partial charge >= 0.3 is 0 Å². The molecule has 0 spiro atoms. The fourth-order valence-electron chi connectivity index (χ4n) is 3.08. The van der Waals surface area contributed by atoms with E-state index in [9.17, 15) is 4.39 Å². The second-order valence-corrected chi connectivity index (χ2v) is 11.7. The zero-order valence-electron chi connectivity index (χ0n) is 12.2. The van der Waals surface area contributed by atoms with Gasteiger partial charge in [-0.15, -0.1) is 12.4 Å². The monoisotopic (exact) mass is 301 g/mol. The van der Waals surface area contributed by atoms with Gasteiger partial charge in [0, 0.05) is 5.67 Å². The van der Waals surface area contributed by atoms with Crippen LogP contribution in [-0.2, 0) is 0 Å². The molecule has 0 N–H and O–H groups in total. The number of likely N-dealkylation sites (tertiary alicyclic amines) is 1. The molecule has 0 aromatic heterocycles. The molecule has 0 radical (unpaired) electrons. The Morgan fingerprint density at radius 2 is 1.53 bits per heavy atom. The van der Waals surface area contributed by atoms with Gasteiger partial charge in [-0.1, -0.05) is 38.2 Å². The van der Waals surface area contributed by atoms with Crippen LogP contribution in [0.4, 0.5) is 4.39 Å². The lowest BCUT2D eigenvalue weighted by molar-refractivity contribution is 0.204. The highest BCUT2D eigenvalue weighted by Crippen LogP contribution is 2.32. The standard InChI is InChI=1S/C15H24FNSi.ClH/c1-18(2,3)15(17-11-5-4-6-12-17)13-7-9-14(16)10-8-13;/h7-10,15H,4-6,11-12H2,1-3H3;1H. The Kier molecular flexibility index (Phi) is 6.02. The summed E-state index contributed by atoms with van der Waals surface area (Å²) < 4.78 is 13.1. The molecular weight excluding hydrogens is 277 g/mol. The molecule has 2 rings (SSSR count). The summed E-state index contributed by atoms with van der Waals surface area (Å²) in [6, 6.07) is 7.17. The third-order valence-corrected chi connectivity index (χ3v) is 6.10. The molecule has 108 valence electrons. The Morgan fingerprint density at radius 3 is 2.00 bits per heavy atom. The van der Waals surface area contributed by atoms with Crippen molar-refractivity contribution in [3.05, 3.63) is 35.6 Å². The average Bonchev–Trinajstić information content (AvgIpc) is 2.32. The Morgan fingerprint density at radius 1 is 1.00 bits per heavy atom. The van der Waals surface area contributed by atoms with Gasteiger partial charge < -0.3 is 0 Å². The van der Waals surface area contributed by atoms with E-state index in [0.717, 1.165) is 0 Å². The van der Waals surface area contributed by atoms with Crippen molar-refractivity contribution in [2.24, 2.45) is 0 Å². The molecule has 1 aromatic rings. The molecular formula is C15H25ClFNSi. The van der Waals surface area contributed by atoms with Gasteiger partial charge in [0.25, 0.3) is 0 Å².